The van der Waals surface area contributed by atoms with Crippen LogP contribution in [0.3, 0.4) is 0 Å². The third-order valence-corrected chi connectivity index (χ3v) is 2.75. The van der Waals surface area contributed by atoms with Crippen LogP contribution in [0.4, 0.5) is 0 Å². The number of carbonyl (C=O) groups is 1. The lowest BCUT2D eigenvalue weighted by Crippen LogP contribution is -2.05. The summed E-state index contributed by atoms with van der Waals surface area (Å²) in [5.74, 6) is -0.332. The van der Waals surface area contributed by atoms with Crippen molar-refractivity contribution in [2.45, 2.75) is 6.42 Å². The Morgan fingerprint density at radius 1 is 1.69 bits per heavy atom. The topological polar surface area (TPSA) is 39.2 Å². The number of ether oxygens (including phenoxy) is 1. The first-order valence-corrected chi connectivity index (χ1v) is 4.67. The van der Waals surface area contributed by atoms with Gasteiger partial charge in [-0.1, -0.05) is 11.6 Å². The minimum Gasteiger partial charge on any atom is -0.469 e. The molecule has 0 saturated heterocycles. The molecule has 0 atom stereocenters. The highest BCUT2D eigenvalue weighted by Crippen LogP contribution is 2.25. The zero-order valence-electron chi connectivity index (χ0n) is 6.88. The maximum atomic E-state index is 10.9. The molecule has 1 aromatic heterocycles. The van der Waals surface area contributed by atoms with Crippen LogP contribution in [0.1, 0.15) is 5.56 Å². The van der Waals surface area contributed by atoms with Gasteiger partial charge < -0.3 is 4.74 Å². The number of rotatable bonds is 2. The molecule has 0 radical (unpaired) electrons. The molecule has 1 aromatic rings. The van der Waals surface area contributed by atoms with Crippen molar-refractivity contribution in [1.82, 2.24) is 4.98 Å². The van der Waals surface area contributed by atoms with Crippen molar-refractivity contribution in [3.8, 4) is 0 Å². The second kappa shape index (κ2) is 4.58. The second-order valence-electron chi connectivity index (χ2n) is 2.35. The van der Waals surface area contributed by atoms with Gasteiger partial charge in [0.1, 0.15) is 0 Å². The lowest BCUT2D eigenvalue weighted by Gasteiger charge is -2.02. The van der Waals surface area contributed by atoms with Crippen LogP contribution < -0.4 is 0 Å². The van der Waals surface area contributed by atoms with Gasteiger partial charge in [0.25, 0.3) is 0 Å². The maximum absolute atomic E-state index is 10.9. The lowest BCUT2D eigenvalue weighted by molar-refractivity contribution is -0.139. The summed E-state index contributed by atoms with van der Waals surface area (Å²) in [4.78, 5) is 14.8. The molecule has 0 unspecified atom stereocenters. The number of esters is 1. The SMILES string of the molecule is COC(=O)Cc1cncc(Br)c1Cl. The normalized spacial score (nSPS) is 9.77. The summed E-state index contributed by atoms with van der Waals surface area (Å²) >= 11 is 9.11. The zero-order chi connectivity index (χ0) is 9.84. The van der Waals surface area contributed by atoms with Gasteiger partial charge in [0.05, 0.1) is 23.0 Å². The molecule has 13 heavy (non-hydrogen) atoms. The van der Waals surface area contributed by atoms with E-state index in [0.717, 1.165) is 0 Å². The first-order chi connectivity index (χ1) is 6.15. The molecule has 0 spiro atoms. The fourth-order valence-corrected chi connectivity index (χ4v) is 1.35. The Balaban J connectivity index is 2.89. The third-order valence-electron chi connectivity index (χ3n) is 1.47. The molecule has 3 nitrogen and oxygen atoms in total. The standard InChI is InChI=1S/C8H7BrClNO2/c1-13-7(12)2-5-3-11-4-6(9)8(5)10/h3-4H,2H2,1H3. The van der Waals surface area contributed by atoms with Crippen LogP contribution in [0.25, 0.3) is 0 Å². The molecule has 0 aromatic carbocycles. The van der Waals surface area contributed by atoms with E-state index >= 15 is 0 Å². The highest BCUT2D eigenvalue weighted by molar-refractivity contribution is 9.10. The molecule has 0 N–H and O–H groups in total. The van der Waals surface area contributed by atoms with E-state index in [1.54, 1.807) is 12.4 Å². The molecule has 0 amide bonds. The number of halogens is 2. The van der Waals surface area contributed by atoms with E-state index in [1.165, 1.54) is 7.11 Å². The van der Waals surface area contributed by atoms with Gasteiger partial charge >= 0.3 is 5.97 Å². The summed E-state index contributed by atoms with van der Waals surface area (Å²) in [7, 11) is 1.33. The number of pyridine rings is 1. The van der Waals surface area contributed by atoms with Gasteiger partial charge in [-0.05, 0) is 15.9 Å². The van der Waals surface area contributed by atoms with E-state index in [2.05, 4.69) is 25.7 Å². The van der Waals surface area contributed by atoms with Gasteiger partial charge in [0.2, 0.25) is 0 Å². The van der Waals surface area contributed by atoms with Crippen LogP contribution in [0, 0.1) is 0 Å². The van der Waals surface area contributed by atoms with Crippen molar-refractivity contribution in [3.05, 3.63) is 27.5 Å². The molecule has 1 rings (SSSR count). The second-order valence-corrected chi connectivity index (χ2v) is 3.58. The van der Waals surface area contributed by atoms with Gasteiger partial charge in [-0.25, -0.2) is 0 Å². The van der Waals surface area contributed by atoms with Gasteiger partial charge in [-0.3, -0.25) is 9.78 Å². The zero-order valence-corrected chi connectivity index (χ0v) is 9.22. The first-order valence-electron chi connectivity index (χ1n) is 3.50. The van der Waals surface area contributed by atoms with E-state index in [9.17, 15) is 4.79 Å². The minimum absolute atomic E-state index is 0.141. The molecule has 0 aliphatic rings. The highest BCUT2D eigenvalue weighted by Gasteiger charge is 2.09. The van der Waals surface area contributed by atoms with Crippen LogP contribution in [0.5, 0.6) is 0 Å². The lowest BCUT2D eigenvalue weighted by atomic mass is 10.2. The smallest absolute Gasteiger partial charge is 0.310 e. The van der Waals surface area contributed by atoms with Crippen LogP contribution in [-0.2, 0) is 16.0 Å². The fraction of sp³-hybridized carbons (Fsp3) is 0.250. The van der Waals surface area contributed by atoms with Gasteiger partial charge in [0, 0.05) is 18.0 Å². The summed E-state index contributed by atoms with van der Waals surface area (Å²) in [6.45, 7) is 0. The molecule has 70 valence electrons. The van der Waals surface area contributed by atoms with Crippen molar-refractivity contribution >= 4 is 33.5 Å². The third kappa shape index (κ3) is 2.67. The molecule has 0 aliphatic heterocycles. The molecule has 0 aliphatic carbocycles. The summed E-state index contributed by atoms with van der Waals surface area (Å²) < 4.78 is 5.18. The first kappa shape index (κ1) is 10.5. The largest absolute Gasteiger partial charge is 0.469 e. The molecular formula is C8H7BrClNO2. The van der Waals surface area contributed by atoms with E-state index in [1.807, 2.05) is 0 Å². The van der Waals surface area contributed by atoms with Crippen LogP contribution in [0.15, 0.2) is 16.9 Å². The van der Waals surface area contributed by atoms with E-state index in [4.69, 9.17) is 11.6 Å². The van der Waals surface area contributed by atoms with E-state index in [-0.39, 0.29) is 12.4 Å². The predicted octanol–water partition coefficient (Wildman–Crippen LogP) is 2.21. The van der Waals surface area contributed by atoms with E-state index < -0.39 is 0 Å². The summed E-state index contributed by atoms with van der Waals surface area (Å²) in [6, 6.07) is 0. The Morgan fingerprint density at radius 2 is 2.38 bits per heavy atom. The fourth-order valence-electron chi connectivity index (χ4n) is 0.810. The maximum Gasteiger partial charge on any atom is 0.310 e. The highest BCUT2D eigenvalue weighted by atomic mass is 79.9. The minimum atomic E-state index is -0.332. The molecule has 0 saturated carbocycles. The monoisotopic (exact) mass is 263 g/mol. The summed E-state index contributed by atoms with van der Waals surface area (Å²) in [6.07, 6.45) is 3.26. The number of nitrogens with zero attached hydrogens (tertiary/aromatic N) is 1. The number of hydrogen-bond donors (Lipinski definition) is 0. The molecule has 0 bridgehead atoms. The van der Waals surface area contributed by atoms with Crippen LogP contribution >= 0.6 is 27.5 Å². The number of carbonyl (C=O) groups excluding carboxylic acids is 1. The number of hydrogen-bond acceptors (Lipinski definition) is 3. The quantitative estimate of drug-likeness (QED) is 0.769. The number of aromatic nitrogens is 1. The van der Waals surface area contributed by atoms with Gasteiger partial charge in [-0.15, -0.1) is 0 Å². The van der Waals surface area contributed by atoms with Gasteiger partial charge in [-0.2, -0.15) is 0 Å². The summed E-state index contributed by atoms with van der Waals surface area (Å²) in [5.41, 5.74) is 0.655. The Hall–Kier alpha value is -0.610. The van der Waals surface area contributed by atoms with Crippen molar-refractivity contribution in [2.75, 3.05) is 7.11 Å². The Bertz CT molecular complexity index is 330. The Morgan fingerprint density at radius 3 is 3.00 bits per heavy atom. The predicted molar refractivity (Wildman–Crippen MR) is 52.7 cm³/mol. The molecule has 5 heteroatoms. The molecule has 1 heterocycles. The average molecular weight is 265 g/mol. The van der Waals surface area contributed by atoms with Crippen molar-refractivity contribution in [1.29, 1.82) is 0 Å². The Labute approximate surface area is 89.2 Å². The van der Waals surface area contributed by atoms with Crippen molar-refractivity contribution in [2.24, 2.45) is 0 Å². The molecule has 0 fully saturated rings. The van der Waals surface area contributed by atoms with Crippen LogP contribution in [-0.4, -0.2) is 18.1 Å². The van der Waals surface area contributed by atoms with Crippen LogP contribution in [0.2, 0.25) is 5.02 Å². The van der Waals surface area contributed by atoms with E-state index in [0.29, 0.717) is 15.1 Å². The average Bonchev–Trinajstić information content (AvgIpc) is 2.13. The summed E-state index contributed by atoms with van der Waals surface area (Å²) in [5, 5.41) is 0.500. The van der Waals surface area contributed by atoms with Crippen molar-refractivity contribution in [3.63, 3.8) is 0 Å². The van der Waals surface area contributed by atoms with Crippen molar-refractivity contribution < 1.29 is 9.53 Å². The number of methoxy groups -OCH3 is 1. The molecular weight excluding hydrogens is 257 g/mol. The Kier molecular flexibility index (Phi) is 3.69. The van der Waals surface area contributed by atoms with Gasteiger partial charge in [0.15, 0.2) is 0 Å².